The molecule has 5 rings (SSSR count). The minimum atomic E-state index is -4.72. The van der Waals surface area contributed by atoms with Gasteiger partial charge in [-0.25, -0.2) is 17.9 Å². The maximum Gasteiger partial charge on any atom is 0.416 e. The number of alkyl carbamates (subject to hydrolysis) is 1. The number of ketones is 1. The van der Waals surface area contributed by atoms with Crippen LogP contribution in [-0.4, -0.2) is 204 Å². The number of rotatable bonds is 20. The second-order valence-electron chi connectivity index (χ2n) is 26.5. The van der Waals surface area contributed by atoms with Crippen molar-refractivity contribution < 1.29 is 108 Å². The first-order valence-electron chi connectivity index (χ1n) is 31.0. The summed E-state index contributed by atoms with van der Waals surface area (Å²) in [5, 5.41) is 29.6. The number of methoxy groups -OCH3 is 2. The van der Waals surface area contributed by atoms with Crippen molar-refractivity contribution in [1.29, 1.82) is 0 Å². The Hall–Kier alpha value is -4.17. The predicted octanol–water partition coefficient (Wildman–Crippen LogP) is 6.78. The van der Waals surface area contributed by atoms with Crippen molar-refractivity contribution in [3.63, 3.8) is 0 Å². The van der Waals surface area contributed by atoms with Gasteiger partial charge in [0.1, 0.15) is 43.7 Å². The molecular formula is C62H101F3N4O20S. The summed E-state index contributed by atoms with van der Waals surface area (Å²) >= 11 is 0. The number of sulfonamides is 1. The Bertz CT molecular complexity index is 2660. The Morgan fingerprint density at radius 3 is 2.06 bits per heavy atom. The van der Waals surface area contributed by atoms with Gasteiger partial charge in [0.05, 0.1) is 70.7 Å². The average Bonchev–Trinajstić information content (AvgIpc) is 0.853. The molecule has 4 fully saturated rings. The van der Waals surface area contributed by atoms with E-state index in [2.05, 4.69) is 20.1 Å². The quantitative estimate of drug-likeness (QED) is 0.0594. The fraction of sp³-hybridized carbons (Fsp3) is 0.823. The van der Waals surface area contributed by atoms with Gasteiger partial charge >= 0.3 is 24.2 Å². The number of cyclic esters (lactones) is 1. The zero-order valence-electron chi connectivity index (χ0n) is 55.6. The summed E-state index contributed by atoms with van der Waals surface area (Å²) in [6.45, 7) is 25.1. The van der Waals surface area contributed by atoms with Gasteiger partial charge in [0.2, 0.25) is 10.0 Å². The standard InChI is InChI=1S/C62H101F3N4O20S/c1-31(2)24-45(70)85-51-38(9)50(33(4)29-81-58-54(79-18)53(78-17)47(71)41(12)84-58)87-56(74)40(11)52(86-46-25-34(5)69(16)28-36(7)82-46)37(8)49(88-57-48(72)44(68-80-19)26-35(6)83-57)32(3)27-61(15,55(73)39(51)10)89-59(75)67-60(13,14)30-66-90(76,77)43-22-20-42(21-23-43)62(63,64)65/h20-23,31-41,46-54,57-58,66,71-72H,24-30H2,1-19H3,(H,67,75)/b68-44+/t32-,33?,34?,35+,36-,37+,38-,39+,40+,41+,46-,47+,48+,49-,50+,51+,52-,53+,54+,57-,58+,61-/m0/s1. The number of hydrogen-bond acceptors (Lipinski definition) is 22. The van der Waals surface area contributed by atoms with E-state index in [-0.39, 0.29) is 49.6 Å². The smallest absolute Gasteiger partial charge is 0.416 e. The van der Waals surface area contributed by atoms with Crippen molar-refractivity contribution in [2.45, 2.75) is 244 Å². The van der Waals surface area contributed by atoms with Crippen LogP contribution in [0.15, 0.2) is 34.3 Å². The van der Waals surface area contributed by atoms with Gasteiger partial charge in [-0.2, -0.15) is 13.2 Å². The van der Waals surface area contributed by atoms with Crippen LogP contribution in [-0.2, 0) is 87.5 Å². The summed E-state index contributed by atoms with van der Waals surface area (Å²) in [7, 11) is 1.66. The predicted molar refractivity (Wildman–Crippen MR) is 321 cm³/mol. The highest BCUT2D eigenvalue weighted by atomic mass is 32.2. The molecule has 4 heterocycles. The highest BCUT2D eigenvalue weighted by molar-refractivity contribution is 7.89. The monoisotopic (exact) mass is 1310 g/mol. The molecule has 1 amide bonds. The Balaban J connectivity index is 1.69. The SMILES string of the molecule is CO/N=C1\C[C@@H](C)O[C@@H](O[C@@H]2[C@@H](C)[C@H](O[C@H]3CC(C)N(C)C[C@H](C)O3)[C@@H](C)C(=O)O[C@H](C(C)CO[C@@H]3O[C@H](C)[C@@H](O)[C@@H](OC)[C@H]3OC)[C@H](C)[C@@H](OC(=O)CC(C)C)[C@@H](C)C(=O)[C@@](C)(OC(=O)NC(C)(C)CNS(=O)(=O)c3ccc(C(F)(F)F)cc3)C[C@@H]2C)[C@@H]1O. The number of ether oxygens (including phenoxy) is 11. The summed E-state index contributed by atoms with van der Waals surface area (Å²) in [6.07, 6.45) is -20.4. The number of aliphatic hydroxyl groups excluding tert-OH is 2. The molecule has 0 aliphatic carbocycles. The van der Waals surface area contributed by atoms with Crippen molar-refractivity contribution in [2.24, 2.45) is 46.6 Å². The van der Waals surface area contributed by atoms with E-state index < -0.39 is 184 Å². The van der Waals surface area contributed by atoms with Crippen LogP contribution in [0.2, 0.25) is 0 Å². The number of benzene rings is 1. The number of Topliss-reactive ketones (excluding diaryl/α,β-unsaturated/α-hetero) is 1. The van der Waals surface area contributed by atoms with Crippen molar-refractivity contribution in [3.8, 4) is 0 Å². The van der Waals surface area contributed by atoms with Gasteiger partial charge in [-0.15, -0.1) is 0 Å². The molecule has 0 aromatic heterocycles. The summed E-state index contributed by atoms with van der Waals surface area (Å²) < 4.78 is 140. The molecule has 4 aliphatic heterocycles. The lowest BCUT2D eigenvalue weighted by Crippen LogP contribution is -2.59. The van der Waals surface area contributed by atoms with Gasteiger partial charge in [0.15, 0.2) is 30.3 Å². The van der Waals surface area contributed by atoms with E-state index in [0.29, 0.717) is 25.1 Å². The number of likely N-dealkylation sites (N-methyl/N-ethyl adjacent to an activating group) is 1. The normalized spacial score (nSPS) is 36.7. The summed E-state index contributed by atoms with van der Waals surface area (Å²) in [5.41, 5.74) is -4.59. The molecule has 2 unspecified atom stereocenters. The first kappa shape index (κ1) is 76.5. The molecule has 22 atom stereocenters. The molecule has 28 heteroatoms. The van der Waals surface area contributed by atoms with Crippen LogP contribution in [0, 0.1) is 41.4 Å². The van der Waals surface area contributed by atoms with E-state index in [1.807, 2.05) is 20.9 Å². The molecule has 1 aromatic carbocycles. The maximum absolute atomic E-state index is 16.1. The van der Waals surface area contributed by atoms with Gasteiger partial charge < -0.3 is 77.4 Å². The lowest BCUT2D eigenvalue weighted by molar-refractivity contribution is -0.305. The molecule has 90 heavy (non-hydrogen) atoms. The Kier molecular flexibility index (Phi) is 27.5. The number of oxime groups is 1. The van der Waals surface area contributed by atoms with Crippen LogP contribution < -0.4 is 10.0 Å². The van der Waals surface area contributed by atoms with E-state index in [9.17, 15) is 41.4 Å². The van der Waals surface area contributed by atoms with Crippen LogP contribution >= 0.6 is 0 Å². The molecule has 0 radical (unpaired) electrons. The van der Waals surface area contributed by atoms with Crippen molar-refractivity contribution in [2.75, 3.05) is 48.1 Å². The molecule has 4 aliphatic rings. The summed E-state index contributed by atoms with van der Waals surface area (Å²) in [6, 6.07) is 2.80. The van der Waals surface area contributed by atoms with Gasteiger partial charge in [-0.3, -0.25) is 14.4 Å². The maximum atomic E-state index is 16.1. The first-order valence-corrected chi connectivity index (χ1v) is 32.5. The Labute approximate surface area is 528 Å². The number of carbonyl (C=O) groups is 4. The third-order valence-electron chi connectivity index (χ3n) is 17.6. The number of alkyl halides is 3. The Morgan fingerprint density at radius 2 is 1.47 bits per heavy atom. The Morgan fingerprint density at radius 1 is 0.833 bits per heavy atom. The highest BCUT2D eigenvalue weighted by Gasteiger charge is 2.53. The van der Waals surface area contributed by atoms with E-state index in [4.69, 9.17) is 56.9 Å². The summed E-state index contributed by atoms with van der Waals surface area (Å²) in [4.78, 5) is 67.1. The number of carbonyl (C=O) groups excluding carboxylic acids is 4. The number of hydrogen-bond donors (Lipinski definition) is 4. The molecule has 4 saturated heterocycles. The number of amides is 1. The lowest BCUT2D eigenvalue weighted by atomic mass is 9.74. The molecule has 1 aromatic rings. The zero-order valence-corrected chi connectivity index (χ0v) is 56.5. The van der Waals surface area contributed by atoms with E-state index in [1.165, 1.54) is 49.0 Å². The fourth-order valence-corrected chi connectivity index (χ4v) is 13.7. The van der Waals surface area contributed by atoms with Gasteiger partial charge in [-0.05, 0) is 105 Å². The van der Waals surface area contributed by atoms with Gasteiger partial charge in [-0.1, -0.05) is 53.6 Å². The minimum Gasteiger partial charge on any atom is -0.461 e. The molecule has 516 valence electrons. The molecule has 24 nitrogen and oxygen atoms in total. The second-order valence-corrected chi connectivity index (χ2v) is 28.3. The van der Waals surface area contributed by atoms with Gasteiger partial charge in [0.25, 0.3) is 0 Å². The third kappa shape index (κ3) is 19.9. The van der Waals surface area contributed by atoms with E-state index >= 15 is 9.59 Å². The number of nitrogens with one attached hydrogen (secondary N) is 2. The molecule has 0 bridgehead atoms. The third-order valence-corrected chi connectivity index (χ3v) is 19.0. The average molecular weight is 1310 g/mol. The lowest BCUT2D eigenvalue weighted by Gasteiger charge is -2.45. The molecule has 0 spiro atoms. The minimum absolute atomic E-state index is 0.0633. The van der Waals surface area contributed by atoms with Crippen LogP contribution in [0.3, 0.4) is 0 Å². The summed E-state index contributed by atoms with van der Waals surface area (Å²) in [5.74, 6) is -8.68. The largest absolute Gasteiger partial charge is 0.461 e. The molecule has 0 saturated carbocycles. The van der Waals surface area contributed by atoms with Gasteiger partial charge in [0, 0.05) is 70.4 Å². The zero-order chi connectivity index (χ0) is 67.7. The molecule has 4 N–H and O–H groups in total. The number of nitrogens with zero attached hydrogens (tertiary/aromatic N) is 2. The molecular weight excluding hydrogens is 1210 g/mol. The van der Waals surface area contributed by atoms with E-state index in [1.54, 1.807) is 62.3 Å². The van der Waals surface area contributed by atoms with E-state index in [0.717, 1.165) is 12.1 Å². The van der Waals surface area contributed by atoms with Crippen molar-refractivity contribution in [1.82, 2.24) is 14.9 Å². The highest BCUT2D eigenvalue weighted by Crippen LogP contribution is 2.41. The number of esters is 2. The fourth-order valence-electron chi connectivity index (χ4n) is 12.5. The number of aliphatic hydroxyl groups is 2. The van der Waals surface area contributed by atoms with Crippen molar-refractivity contribution in [3.05, 3.63) is 29.8 Å². The van der Waals surface area contributed by atoms with Crippen molar-refractivity contribution >= 4 is 39.6 Å². The van der Waals surface area contributed by atoms with Crippen LogP contribution in [0.1, 0.15) is 135 Å². The second kappa shape index (κ2) is 32.3. The first-order chi connectivity index (χ1) is 41.8. The van der Waals surface area contributed by atoms with Crippen LogP contribution in [0.5, 0.6) is 0 Å². The number of halogens is 3. The van der Waals surface area contributed by atoms with Crippen LogP contribution in [0.25, 0.3) is 0 Å². The van der Waals surface area contributed by atoms with Crippen LogP contribution in [0.4, 0.5) is 18.0 Å². The topological polar surface area (TPSA) is 293 Å².